The van der Waals surface area contributed by atoms with Crippen LogP contribution in [-0.2, 0) is 13.1 Å². The van der Waals surface area contributed by atoms with Gasteiger partial charge in [-0.1, -0.05) is 6.07 Å². The van der Waals surface area contributed by atoms with Gasteiger partial charge in [0.25, 0.3) is 11.8 Å². The summed E-state index contributed by atoms with van der Waals surface area (Å²) in [5.74, 6) is -4.31. The van der Waals surface area contributed by atoms with Crippen LogP contribution in [0.25, 0.3) is 0 Å². The number of pyridine rings is 1. The zero-order valence-electron chi connectivity index (χ0n) is 18.6. The van der Waals surface area contributed by atoms with Crippen molar-refractivity contribution >= 4 is 11.8 Å². The normalized spacial score (nSPS) is 22.2. The number of hydrogen-bond donors (Lipinski definition) is 2. The quantitative estimate of drug-likeness (QED) is 0.724. The molecule has 0 spiro atoms. The third-order valence-electron chi connectivity index (χ3n) is 6.24. The van der Waals surface area contributed by atoms with E-state index in [1.165, 1.54) is 26.6 Å². The van der Waals surface area contributed by atoms with Crippen molar-refractivity contribution in [1.82, 2.24) is 19.7 Å². The Morgan fingerprint density at radius 3 is 2.70 bits per heavy atom. The Morgan fingerprint density at radius 1 is 1.30 bits per heavy atom. The lowest BCUT2D eigenvalue weighted by Crippen LogP contribution is -2.71. The Kier molecular flexibility index (Phi) is 5.83. The molecule has 1 saturated heterocycles. The highest BCUT2D eigenvalue weighted by Gasteiger charge is 2.48. The molecule has 3 heterocycles. The molecule has 2 amide bonds. The first-order valence-electron chi connectivity index (χ1n) is 10.8. The van der Waals surface area contributed by atoms with E-state index >= 15 is 0 Å². The fourth-order valence-corrected chi connectivity index (χ4v) is 4.45. The Hall–Kier alpha value is -3.11. The second-order valence-corrected chi connectivity index (χ2v) is 8.88. The van der Waals surface area contributed by atoms with Gasteiger partial charge in [-0.25, -0.2) is 8.78 Å². The van der Waals surface area contributed by atoms with Crippen molar-refractivity contribution in [1.29, 1.82) is 0 Å². The number of carbonyl (C=O) groups excluding carboxylic acids is 2. The average molecular weight is 460 g/mol. The minimum Gasteiger partial charge on any atom is -0.357 e. The highest BCUT2D eigenvalue weighted by atomic mass is 19.1. The number of rotatable bonds is 4. The van der Waals surface area contributed by atoms with Crippen LogP contribution in [0.1, 0.15) is 53.6 Å². The molecule has 2 aliphatic heterocycles. The predicted molar refractivity (Wildman–Crippen MR) is 115 cm³/mol. The molecule has 1 aromatic heterocycles. The first-order chi connectivity index (χ1) is 15.5. The van der Waals surface area contributed by atoms with Gasteiger partial charge < -0.3 is 14.6 Å². The Labute approximate surface area is 189 Å². The highest BCUT2D eigenvalue weighted by Crippen LogP contribution is 2.29. The molecule has 2 aliphatic rings. The molecule has 0 bridgehead atoms. The van der Waals surface area contributed by atoms with Gasteiger partial charge in [-0.05, 0) is 33.3 Å². The number of fused-ring (bicyclic) bond motifs is 2. The lowest BCUT2D eigenvalue weighted by atomic mass is 10.0. The van der Waals surface area contributed by atoms with Crippen molar-refractivity contribution in [2.45, 2.75) is 58.2 Å². The van der Waals surface area contributed by atoms with Crippen LogP contribution in [0, 0.1) is 11.6 Å². The summed E-state index contributed by atoms with van der Waals surface area (Å²) in [6, 6.07) is 3.58. The maximum absolute atomic E-state index is 14.2. The Bertz CT molecular complexity index is 1180. The zero-order valence-corrected chi connectivity index (χ0v) is 18.6. The van der Waals surface area contributed by atoms with Gasteiger partial charge in [0.05, 0.1) is 6.54 Å². The van der Waals surface area contributed by atoms with Gasteiger partial charge in [0.2, 0.25) is 5.85 Å². The van der Waals surface area contributed by atoms with Crippen LogP contribution in [0.5, 0.6) is 0 Å². The second-order valence-electron chi connectivity index (χ2n) is 8.88. The molecule has 0 unspecified atom stereocenters. The van der Waals surface area contributed by atoms with Crippen molar-refractivity contribution in [3.05, 3.63) is 69.1 Å². The van der Waals surface area contributed by atoms with E-state index in [-0.39, 0.29) is 36.0 Å². The summed E-state index contributed by atoms with van der Waals surface area (Å²) in [5, 5.41) is 14.0. The lowest BCUT2D eigenvalue weighted by molar-refractivity contribution is -0.161. The number of aliphatic hydroxyl groups is 1. The number of nitrogens with one attached hydrogen (secondary N) is 1. The number of carbonyl (C=O) groups is 2. The van der Waals surface area contributed by atoms with Crippen LogP contribution in [0.4, 0.5) is 8.78 Å². The average Bonchev–Trinajstić information content (AvgIpc) is 2.72. The van der Waals surface area contributed by atoms with Crippen LogP contribution in [-0.4, -0.2) is 55.8 Å². The lowest BCUT2D eigenvalue weighted by Gasteiger charge is -2.50. The van der Waals surface area contributed by atoms with Crippen molar-refractivity contribution in [3.8, 4) is 0 Å². The van der Waals surface area contributed by atoms with Crippen LogP contribution >= 0.6 is 0 Å². The van der Waals surface area contributed by atoms with Crippen LogP contribution < -0.4 is 10.7 Å². The first-order valence-corrected chi connectivity index (χ1v) is 10.8. The topological polar surface area (TPSA) is 94.9 Å². The summed E-state index contributed by atoms with van der Waals surface area (Å²) in [5.41, 5.74) is -0.661. The van der Waals surface area contributed by atoms with Gasteiger partial charge in [-0.3, -0.25) is 24.6 Å². The van der Waals surface area contributed by atoms with Gasteiger partial charge in [0.15, 0.2) is 5.43 Å². The molecule has 0 aliphatic carbocycles. The van der Waals surface area contributed by atoms with E-state index in [4.69, 9.17) is 0 Å². The van der Waals surface area contributed by atoms with Crippen LogP contribution in [0.15, 0.2) is 35.3 Å². The predicted octanol–water partition coefficient (Wildman–Crippen LogP) is 1.66. The van der Waals surface area contributed by atoms with E-state index < -0.39 is 40.8 Å². The van der Waals surface area contributed by atoms with Crippen molar-refractivity contribution in [2.24, 2.45) is 0 Å². The summed E-state index contributed by atoms with van der Waals surface area (Å²) >= 11 is 0. The van der Waals surface area contributed by atoms with Gasteiger partial charge in [-0.2, -0.15) is 0 Å². The molecule has 8 nitrogen and oxygen atoms in total. The molecule has 0 radical (unpaired) electrons. The maximum atomic E-state index is 14.2. The molecule has 2 atom stereocenters. The number of aromatic nitrogens is 1. The van der Waals surface area contributed by atoms with E-state index in [9.17, 15) is 28.3 Å². The molecule has 2 N–H and O–H groups in total. The Balaban J connectivity index is 1.70. The van der Waals surface area contributed by atoms with Gasteiger partial charge in [-0.15, -0.1) is 0 Å². The fraction of sp³-hybridized carbons (Fsp3) is 0.435. The smallest absolute Gasteiger partial charge is 0.274 e. The third kappa shape index (κ3) is 4.04. The number of halogens is 2. The number of nitrogens with zero attached hydrogens (tertiary/aromatic N) is 3. The summed E-state index contributed by atoms with van der Waals surface area (Å²) in [6.45, 7) is 5.53. The van der Waals surface area contributed by atoms with Crippen molar-refractivity contribution in [3.63, 3.8) is 0 Å². The molecule has 1 fully saturated rings. The largest absolute Gasteiger partial charge is 0.357 e. The number of amides is 2. The standard InChI is InChI=1S/C23H26F2N4O4/c1-13(2)28(10-15-4-5-16(24)8-18(15)25)21(31)17-11-27-12-23(33)26-7-6-14(3)29(23)22(32)19(27)9-20(17)30/h4-5,8-9,11,13-14,26,33H,6-7,10,12H2,1-3H3/t14-,23-/m0/s1. The number of hydrogen-bond acceptors (Lipinski definition) is 5. The molecular formula is C23H26F2N4O4. The molecule has 0 saturated carbocycles. The van der Waals surface area contributed by atoms with E-state index in [0.717, 1.165) is 18.2 Å². The van der Waals surface area contributed by atoms with Gasteiger partial charge in [0, 0.05) is 49.1 Å². The molecule has 1 aromatic carbocycles. The maximum Gasteiger partial charge on any atom is 0.274 e. The summed E-state index contributed by atoms with van der Waals surface area (Å²) in [6.07, 6.45) is 1.92. The van der Waals surface area contributed by atoms with E-state index in [0.29, 0.717) is 13.0 Å². The Morgan fingerprint density at radius 2 is 2.03 bits per heavy atom. The number of benzene rings is 1. The summed E-state index contributed by atoms with van der Waals surface area (Å²) in [4.78, 5) is 41.8. The molecular weight excluding hydrogens is 434 g/mol. The molecule has 4 rings (SSSR count). The summed E-state index contributed by atoms with van der Waals surface area (Å²) < 4.78 is 28.9. The molecule has 33 heavy (non-hydrogen) atoms. The second kappa shape index (κ2) is 8.35. The van der Waals surface area contributed by atoms with Crippen LogP contribution in [0.3, 0.4) is 0 Å². The van der Waals surface area contributed by atoms with Crippen LogP contribution in [0.2, 0.25) is 0 Å². The van der Waals surface area contributed by atoms with Gasteiger partial charge >= 0.3 is 0 Å². The SMILES string of the molecule is CC(C)N(Cc1ccc(F)cc1F)C(=O)c1cn2c(cc1=O)C(=O)N1[C@@H](C)CCN[C@@]1(O)C2. The monoisotopic (exact) mass is 460 g/mol. The highest BCUT2D eigenvalue weighted by molar-refractivity contribution is 5.97. The fourth-order valence-electron chi connectivity index (χ4n) is 4.45. The van der Waals surface area contributed by atoms with Crippen molar-refractivity contribution in [2.75, 3.05) is 6.54 Å². The molecule has 176 valence electrons. The molecule has 2 aromatic rings. The summed E-state index contributed by atoms with van der Waals surface area (Å²) in [7, 11) is 0. The van der Waals surface area contributed by atoms with E-state index in [1.54, 1.807) is 13.8 Å². The molecule has 10 heteroatoms. The van der Waals surface area contributed by atoms with Gasteiger partial charge in [0.1, 0.15) is 22.9 Å². The minimum absolute atomic E-state index is 0.0623. The van der Waals surface area contributed by atoms with E-state index in [1.807, 2.05) is 6.92 Å². The minimum atomic E-state index is -1.63. The van der Waals surface area contributed by atoms with E-state index in [2.05, 4.69) is 5.32 Å². The zero-order chi connectivity index (χ0) is 24.1. The first kappa shape index (κ1) is 23.1. The van der Waals surface area contributed by atoms with Crippen molar-refractivity contribution < 1.29 is 23.5 Å². The third-order valence-corrected chi connectivity index (χ3v) is 6.24.